The molecule has 0 aliphatic heterocycles. The maximum atomic E-state index is 3.84. The van der Waals surface area contributed by atoms with Gasteiger partial charge >= 0.3 is 0 Å². The Bertz CT molecular complexity index is 254. The normalized spacial score (nSPS) is 11.5. The molecular formula is C4H3I3N4. The summed E-state index contributed by atoms with van der Waals surface area (Å²) >= 11 is 6.63. The number of halogens is 3. The van der Waals surface area contributed by atoms with Gasteiger partial charge in [0, 0.05) is 3.58 Å². The summed E-state index contributed by atoms with van der Waals surface area (Å²) in [6.45, 7) is 3.84. The average Bonchev–Trinajstić information content (AvgIpc) is 2.37. The number of tetrazole rings is 1. The van der Waals surface area contributed by atoms with Crippen LogP contribution in [0.2, 0.25) is 0 Å². The van der Waals surface area contributed by atoms with Crippen LogP contribution in [-0.2, 0) is 1.43 Å². The first-order chi connectivity index (χ1) is 5.05. The molecule has 60 valence electrons. The Hall–Kier alpha value is 1.00. The molecule has 0 aromatic carbocycles. The van der Waals surface area contributed by atoms with Gasteiger partial charge in [-0.2, -0.15) is 0 Å². The fourth-order valence-electron chi connectivity index (χ4n) is 0.421. The van der Waals surface area contributed by atoms with Crippen LogP contribution in [0.1, 0.15) is 5.82 Å². The lowest BCUT2D eigenvalue weighted by Gasteiger charge is -2.14. The maximum absolute atomic E-state index is 3.84. The third-order valence-electron chi connectivity index (χ3n) is 0.983. The summed E-state index contributed by atoms with van der Waals surface area (Å²) in [5, 5.41) is 13.5. The summed E-state index contributed by atoms with van der Waals surface area (Å²) in [4.78, 5) is 0. The minimum atomic E-state index is -0.237. The molecule has 0 bridgehead atoms. The fourth-order valence-corrected chi connectivity index (χ4v) is 1.13. The molecule has 0 amide bonds. The molecule has 1 rings (SSSR count). The van der Waals surface area contributed by atoms with Crippen molar-refractivity contribution in [1.29, 1.82) is 0 Å². The molecule has 1 N–H and O–H groups in total. The first kappa shape index (κ1) is 10.1. The number of aromatic amines is 1. The topological polar surface area (TPSA) is 54.5 Å². The van der Waals surface area contributed by atoms with E-state index in [-0.39, 0.29) is 1.43 Å². The van der Waals surface area contributed by atoms with Gasteiger partial charge in [0.15, 0.2) is 7.25 Å². The van der Waals surface area contributed by atoms with Crippen LogP contribution in [0.4, 0.5) is 0 Å². The summed E-state index contributed by atoms with van der Waals surface area (Å²) < 4.78 is 0.745. The lowest BCUT2D eigenvalue weighted by molar-refractivity contribution is 0.881. The molecule has 0 unspecified atom stereocenters. The SMILES string of the molecule is C=C(I)C(I)(I)c1nnn[nH]1. The van der Waals surface area contributed by atoms with Crippen LogP contribution in [0.25, 0.3) is 0 Å². The Balaban J connectivity index is 3.00. The number of hydrogen-bond acceptors (Lipinski definition) is 3. The van der Waals surface area contributed by atoms with Crippen molar-refractivity contribution in [2.24, 2.45) is 0 Å². The Morgan fingerprint density at radius 1 is 1.55 bits per heavy atom. The highest BCUT2D eigenvalue weighted by molar-refractivity contribution is 14.2. The van der Waals surface area contributed by atoms with Crippen molar-refractivity contribution in [3.05, 3.63) is 16.0 Å². The van der Waals surface area contributed by atoms with Gasteiger partial charge < -0.3 is 0 Å². The summed E-state index contributed by atoms with van der Waals surface area (Å²) in [6.07, 6.45) is 0. The zero-order valence-corrected chi connectivity index (χ0v) is 11.7. The van der Waals surface area contributed by atoms with Crippen molar-refractivity contribution >= 4 is 67.8 Å². The molecule has 7 heteroatoms. The Kier molecular flexibility index (Phi) is 3.49. The molecular weight excluding hydrogens is 485 g/mol. The highest BCUT2D eigenvalue weighted by Crippen LogP contribution is 2.45. The number of rotatable bonds is 2. The number of H-pyrrole nitrogens is 1. The van der Waals surface area contributed by atoms with E-state index < -0.39 is 0 Å². The van der Waals surface area contributed by atoms with E-state index in [0.29, 0.717) is 0 Å². The Morgan fingerprint density at radius 3 is 2.55 bits per heavy atom. The van der Waals surface area contributed by atoms with Crippen LogP contribution in [0.5, 0.6) is 0 Å². The quantitative estimate of drug-likeness (QED) is 0.514. The second-order valence-corrected chi connectivity index (χ2v) is 8.33. The van der Waals surface area contributed by atoms with Gasteiger partial charge in [-0.1, -0.05) is 51.8 Å². The minimum absolute atomic E-state index is 0.237. The molecule has 0 spiro atoms. The van der Waals surface area contributed by atoms with E-state index in [4.69, 9.17) is 0 Å². The molecule has 0 radical (unpaired) electrons. The predicted octanol–water partition coefficient (Wildman–Crippen LogP) is 2.17. The van der Waals surface area contributed by atoms with Gasteiger partial charge in [0.25, 0.3) is 0 Å². The number of allylic oxidation sites excluding steroid dienone is 1. The van der Waals surface area contributed by atoms with Gasteiger partial charge in [-0.05, 0) is 33.0 Å². The summed E-state index contributed by atoms with van der Waals surface area (Å²) in [6, 6.07) is 0. The standard InChI is InChI=1S/C4H3I3N4/c1-2(5)4(6,7)3-8-10-11-9-3/h1H2,(H,8,9,10,11). The smallest absolute Gasteiger partial charge is 0.179 e. The van der Waals surface area contributed by atoms with E-state index in [0.717, 1.165) is 9.40 Å². The molecule has 4 nitrogen and oxygen atoms in total. The molecule has 0 atom stereocenters. The first-order valence-electron chi connectivity index (χ1n) is 2.52. The Morgan fingerprint density at radius 2 is 2.18 bits per heavy atom. The fraction of sp³-hybridized carbons (Fsp3) is 0.250. The largest absolute Gasteiger partial charge is 0.241 e. The molecule has 1 aromatic heterocycles. The molecule has 0 fully saturated rings. The number of hydrogen-bond donors (Lipinski definition) is 1. The second kappa shape index (κ2) is 3.81. The first-order valence-corrected chi connectivity index (χ1v) is 5.75. The molecule has 0 aliphatic rings. The number of nitrogens with zero attached hydrogens (tertiary/aromatic N) is 3. The Labute approximate surface area is 104 Å². The lowest BCUT2D eigenvalue weighted by Crippen LogP contribution is -2.10. The van der Waals surface area contributed by atoms with Gasteiger partial charge in [-0.15, -0.1) is 5.10 Å². The number of aromatic nitrogens is 4. The van der Waals surface area contributed by atoms with Crippen LogP contribution in [0.15, 0.2) is 10.2 Å². The van der Waals surface area contributed by atoms with Crippen molar-refractivity contribution < 1.29 is 0 Å². The summed E-state index contributed by atoms with van der Waals surface area (Å²) in [7, 11) is 0. The van der Waals surface area contributed by atoms with Crippen molar-refractivity contribution in [3.63, 3.8) is 0 Å². The van der Waals surface area contributed by atoms with Crippen molar-refractivity contribution in [2.75, 3.05) is 0 Å². The van der Waals surface area contributed by atoms with Crippen molar-refractivity contribution in [2.45, 2.75) is 1.43 Å². The predicted molar refractivity (Wildman–Crippen MR) is 67.1 cm³/mol. The van der Waals surface area contributed by atoms with E-state index in [1.807, 2.05) is 0 Å². The highest BCUT2D eigenvalue weighted by atomic mass is 127. The van der Waals surface area contributed by atoms with E-state index >= 15 is 0 Å². The minimum Gasteiger partial charge on any atom is -0.241 e. The molecule has 1 aromatic rings. The molecule has 0 saturated heterocycles. The zero-order valence-electron chi connectivity index (χ0n) is 5.18. The van der Waals surface area contributed by atoms with Crippen LogP contribution in [-0.4, -0.2) is 20.6 Å². The summed E-state index contributed by atoms with van der Waals surface area (Å²) in [5.41, 5.74) is 0. The maximum Gasteiger partial charge on any atom is 0.179 e. The lowest BCUT2D eigenvalue weighted by atomic mass is 10.4. The van der Waals surface area contributed by atoms with Gasteiger partial charge in [0.1, 0.15) is 0 Å². The van der Waals surface area contributed by atoms with E-state index in [1.54, 1.807) is 0 Å². The highest BCUT2D eigenvalue weighted by Gasteiger charge is 2.31. The van der Waals surface area contributed by atoms with Gasteiger partial charge in [-0.3, -0.25) is 0 Å². The van der Waals surface area contributed by atoms with E-state index in [9.17, 15) is 0 Å². The number of alkyl halides is 2. The van der Waals surface area contributed by atoms with E-state index in [2.05, 4.69) is 95.0 Å². The van der Waals surface area contributed by atoms with Crippen LogP contribution < -0.4 is 0 Å². The molecule has 0 aliphatic carbocycles. The monoisotopic (exact) mass is 488 g/mol. The van der Waals surface area contributed by atoms with Crippen LogP contribution in [0.3, 0.4) is 0 Å². The zero-order chi connectivity index (χ0) is 8.48. The van der Waals surface area contributed by atoms with Gasteiger partial charge in [-0.25, -0.2) is 5.10 Å². The molecule has 11 heavy (non-hydrogen) atoms. The molecule has 1 heterocycles. The number of nitrogens with one attached hydrogen (secondary N) is 1. The average molecular weight is 488 g/mol. The third kappa shape index (κ3) is 2.23. The van der Waals surface area contributed by atoms with Crippen molar-refractivity contribution in [3.8, 4) is 0 Å². The van der Waals surface area contributed by atoms with Gasteiger partial charge in [0.05, 0.1) is 0 Å². The third-order valence-corrected chi connectivity index (χ3v) is 6.18. The van der Waals surface area contributed by atoms with E-state index in [1.165, 1.54) is 0 Å². The second-order valence-electron chi connectivity index (χ2n) is 1.73. The molecule has 0 saturated carbocycles. The van der Waals surface area contributed by atoms with Crippen LogP contribution >= 0.6 is 67.8 Å². The summed E-state index contributed by atoms with van der Waals surface area (Å²) in [5.74, 6) is 0.720. The van der Waals surface area contributed by atoms with Crippen LogP contribution in [0, 0.1) is 0 Å². The van der Waals surface area contributed by atoms with Crippen molar-refractivity contribution in [1.82, 2.24) is 20.6 Å². The van der Waals surface area contributed by atoms with Gasteiger partial charge in [0.2, 0.25) is 0 Å².